The van der Waals surface area contributed by atoms with E-state index in [1.54, 1.807) is 12.1 Å². The summed E-state index contributed by atoms with van der Waals surface area (Å²) in [7, 11) is 0. The fourth-order valence-corrected chi connectivity index (χ4v) is 1.61. The van der Waals surface area contributed by atoms with Crippen LogP contribution in [0.4, 0.5) is 8.78 Å². The Balaban J connectivity index is 3.08. The van der Waals surface area contributed by atoms with Crippen LogP contribution in [0.5, 0.6) is 0 Å². The summed E-state index contributed by atoms with van der Waals surface area (Å²) in [4.78, 5) is 0. The molecule has 0 nitrogen and oxygen atoms in total. The maximum absolute atomic E-state index is 12.3. The summed E-state index contributed by atoms with van der Waals surface area (Å²) in [5.41, 5.74) is 0.903. The number of halogens is 4. The van der Waals surface area contributed by atoms with Crippen molar-refractivity contribution >= 4 is 31.9 Å². The van der Waals surface area contributed by atoms with Crippen molar-refractivity contribution in [2.45, 2.75) is 11.8 Å². The van der Waals surface area contributed by atoms with Crippen LogP contribution in [-0.4, -0.2) is 0 Å². The van der Waals surface area contributed by atoms with Gasteiger partial charge in [0.1, 0.15) is 0 Å². The maximum Gasteiger partial charge on any atom is 0.264 e. The lowest BCUT2D eigenvalue weighted by atomic mass is 10.1. The van der Waals surface area contributed by atoms with Crippen molar-refractivity contribution in [3.8, 4) is 0 Å². The zero-order valence-electron chi connectivity index (χ0n) is 6.03. The van der Waals surface area contributed by atoms with Gasteiger partial charge in [0.05, 0.1) is 0 Å². The van der Waals surface area contributed by atoms with Crippen LogP contribution in [0.2, 0.25) is 0 Å². The Morgan fingerprint density at radius 3 is 2.50 bits per heavy atom. The van der Waals surface area contributed by atoms with Crippen LogP contribution in [0, 0.1) is 0 Å². The highest BCUT2D eigenvalue weighted by Gasteiger charge is 2.11. The molecular weight excluding hydrogens is 294 g/mol. The van der Waals surface area contributed by atoms with E-state index >= 15 is 0 Å². The third kappa shape index (κ3) is 2.26. The smallest absolute Gasteiger partial charge is 0.205 e. The number of rotatable bonds is 2. The summed E-state index contributed by atoms with van der Waals surface area (Å²) in [6.07, 6.45) is -2.42. The van der Waals surface area contributed by atoms with Gasteiger partial charge in [-0.25, -0.2) is 8.78 Å². The van der Waals surface area contributed by atoms with Crippen molar-refractivity contribution in [2.75, 3.05) is 0 Å². The van der Waals surface area contributed by atoms with Crippen molar-refractivity contribution < 1.29 is 8.78 Å². The molecule has 0 aliphatic heterocycles. The van der Waals surface area contributed by atoms with Gasteiger partial charge in [0.25, 0.3) is 6.43 Å². The average molecular weight is 300 g/mol. The van der Waals surface area contributed by atoms with E-state index in [-0.39, 0.29) is 5.56 Å². The van der Waals surface area contributed by atoms with Crippen LogP contribution in [0.15, 0.2) is 22.7 Å². The molecule has 0 saturated carbocycles. The minimum absolute atomic E-state index is 0.0481. The predicted molar refractivity (Wildman–Crippen MR) is 51.7 cm³/mol. The SMILES string of the molecule is FC(F)c1cc(CBr)ccc1Br. The average Bonchev–Trinajstić information content (AvgIpc) is 2.05. The molecule has 1 aromatic rings. The van der Waals surface area contributed by atoms with Crippen LogP contribution in [0.3, 0.4) is 0 Å². The highest BCUT2D eigenvalue weighted by Crippen LogP contribution is 2.28. The maximum atomic E-state index is 12.3. The van der Waals surface area contributed by atoms with E-state index in [9.17, 15) is 8.78 Å². The van der Waals surface area contributed by atoms with Gasteiger partial charge < -0.3 is 0 Å². The lowest BCUT2D eigenvalue weighted by Gasteiger charge is -2.04. The van der Waals surface area contributed by atoms with Gasteiger partial charge in [0, 0.05) is 15.4 Å². The van der Waals surface area contributed by atoms with E-state index in [1.807, 2.05) is 0 Å². The van der Waals surface area contributed by atoms with Crippen molar-refractivity contribution in [1.82, 2.24) is 0 Å². The van der Waals surface area contributed by atoms with Gasteiger partial charge in [0.2, 0.25) is 0 Å². The first-order chi connectivity index (χ1) is 5.65. The van der Waals surface area contributed by atoms with Gasteiger partial charge in [0.15, 0.2) is 0 Å². The normalized spacial score (nSPS) is 10.8. The van der Waals surface area contributed by atoms with Crippen LogP contribution in [-0.2, 0) is 5.33 Å². The molecule has 0 radical (unpaired) electrons. The second kappa shape index (κ2) is 4.33. The molecule has 12 heavy (non-hydrogen) atoms. The molecule has 0 aliphatic carbocycles. The van der Waals surface area contributed by atoms with E-state index in [0.717, 1.165) is 5.56 Å². The van der Waals surface area contributed by atoms with Crippen LogP contribution in [0.25, 0.3) is 0 Å². The lowest BCUT2D eigenvalue weighted by molar-refractivity contribution is 0.150. The predicted octanol–water partition coefficient (Wildman–Crippen LogP) is 4.28. The van der Waals surface area contributed by atoms with E-state index < -0.39 is 6.43 Å². The molecule has 0 unspecified atom stereocenters. The minimum Gasteiger partial charge on any atom is -0.205 e. The van der Waals surface area contributed by atoms with Crippen LogP contribution in [0.1, 0.15) is 17.6 Å². The molecule has 0 aliphatic rings. The Morgan fingerprint density at radius 2 is 2.00 bits per heavy atom. The third-order valence-corrected chi connectivity index (χ3v) is 2.82. The van der Waals surface area contributed by atoms with E-state index in [0.29, 0.717) is 9.80 Å². The third-order valence-electron chi connectivity index (χ3n) is 1.45. The van der Waals surface area contributed by atoms with Gasteiger partial charge in [-0.05, 0) is 17.7 Å². The first-order valence-electron chi connectivity index (χ1n) is 3.27. The van der Waals surface area contributed by atoms with Crippen LogP contribution >= 0.6 is 31.9 Å². The molecule has 0 bridgehead atoms. The molecule has 0 spiro atoms. The summed E-state index contributed by atoms with van der Waals surface area (Å²) in [6.45, 7) is 0. The molecule has 0 N–H and O–H groups in total. The largest absolute Gasteiger partial charge is 0.264 e. The van der Waals surface area contributed by atoms with Crippen molar-refractivity contribution in [3.05, 3.63) is 33.8 Å². The molecule has 4 heteroatoms. The first kappa shape index (κ1) is 10.1. The molecule has 66 valence electrons. The Kier molecular flexibility index (Phi) is 3.65. The quantitative estimate of drug-likeness (QED) is 0.715. The van der Waals surface area contributed by atoms with Gasteiger partial charge in [-0.2, -0.15) is 0 Å². The van der Waals surface area contributed by atoms with Crippen molar-refractivity contribution in [3.63, 3.8) is 0 Å². The van der Waals surface area contributed by atoms with Gasteiger partial charge in [-0.15, -0.1) is 0 Å². The zero-order valence-corrected chi connectivity index (χ0v) is 9.20. The van der Waals surface area contributed by atoms with E-state index in [4.69, 9.17) is 0 Å². The van der Waals surface area contributed by atoms with E-state index in [2.05, 4.69) is 31.9 Å². The topological polar surface area (TPSA) is 0 Å². The molecule has 0 aromatic heterocycles. The molecule has 0 heterocycles. The summed E-state index contributed by atoms with van der Waals surface area (Å²) >= 11 is 6.27. The summed E-state index contributed by atoms with van der Waals surface area (Å²) in [5.74, 6) is 0. The number of benzene rings is 1. The number of alkyl halides is 3. The summed E-state index contributed by atoms with van der Waals surface area (Å²) in [6, 6.07) is 4.92. The second-order valence-electron chi connectivity index (χ2n) is 2.29. The highest BCUT2D eigenvalue weighted by atomic mass is 79.9. The standard InChI is InChI=1S/C8H6Br2F2/c9-4-5-1-2-7(10)6(3-5)8(11)12/h1-3,8H,4H2. The molecule has 1 rings (SSSR count). The fourth-order valence-electron chi connectivity index (χ4n) is 0.844. The van der Waals surface area contributed by atoms with Gasteiger partial charge >= 0.3 is 0 Å². The molecule has 1 aromatic carbocycles. The molecule has 0 atom stereocenters. The van der Waals surface area contributed by atoms with Crippen molar-refractivity contribution in [2.24, 2.45) is 0 Å². The Hall–Kier alpha value is 0.0400. The zero-order chi connectivity index (χ0) is 9.14. The fraction of sp³-hybridized carbons (Fsp3) is 0.250. The molecular formula is C8H6Br2F2. The molecule has 0 saturated heterocycles. The summed E-state index contributed by atoms with van der Waals surface area (Å²) < 4.78 is 25.1. The Bertz CT molecular complexity index is 274. The Morgan fingerprint density at radius 1 is 1.33 bits per heavy atom. The first-order valence-corrected chi connectivity index (χ1v) is 5.19. The Labute approximate surface area is 86.2 Å². The summed E-state index contributed by atoms with van der Waals surface area (Å²) in [5, 5.41) is 0.597. The lowest BCUT2D eigenvalue weighted by Crippen LogP contribution is -1.88. The highest BCUT2D eigenvalue weighted by molar-refractivity contribution is 9.10. The second-order valence-corrected chi connectivity index (χ2v) is 3.71. The molecule has 0 fully saturated rings. The van der Waals surface area contributed by atoms with Crippen molar-refractivity contribution in [1.29, 1.82) is 0 Å². The van der Waals surface area contributed by atoms with Gasteiger partial charge in [-0.1, -0.05) is 37.9 Å². The number of hydrogen-bond acceptors (Lipinski definition) is 0. The molecule has 0 amide bonds. The number of hydrogen-bond donors (Lipinski definition) is 0. The minimum atomic E-state index is -2.42. The van der Waals surface area contributed by atoms with Gasteiger partial charge in [-0.3, -0.25) is 0 Å². The van der Waals surface area contributed by atoms with Crippen LogP contribution < -0.4 is 0 Å². The monoisotopic (exact) mass is 298 g/mol. The van der Waals surface area contributed by atoms with E-state index in [1.165, 1.54) is 6.07 Å².